The van der Waals surface area contributed by atoms with Crippen molar-refractivity contribution < 1.29 is 4.74 Å². The summed E-state index contributed by atoms with van der Waals surface area (Å²) in [5.41, 5.74) is 8.05. The molecule has 1 aromatic carbocycles. The Morgan fingerprint density at radius 1 is 1.38 bits per heavy atom. The van der Waals surface area contributed by atoms with E-state index in [1.165, 1.54) is 11.1 Å². The van der Waals surface area contributed by atoms with Gasteiger partial charge in [-0.1, -0.05) is 12.1 Å². The van der Waals surface area contributed by atoms with E-state index in [0.29, 0.717) is 0 Å². The van der Waals surface area contributed by atoms with Crippen molar-refractivity contribution >= 4 is 0 Å². The Labute approximate surface area is 79.7 Å². The molecule has 0 heterocycles. The number of rotatable bonds is 4. The summed E-state index contributed by atoms with van der Waals surface area (Å²) in [4.78, 5) is 0. The summed E-state index contributed by atoms with van der Waals surface area (Å²) in [5, 5.41) is 0. The van der Waals surface area contributed by atoms with Gasteiger partial charge in [-0.25, -0.2) is 0 Å². The summed E-state index contributed by atoms with van der Waals surface area (Å²) in [6.07, 6.45) is 2.02. The van der Waals surface area contributed by atoms with E-state index < -0.39 is 0 Å². The first-order chi connectivity index (χ1) is 6.29. The summed E-state index contributed by atoms with van der Waals surface area (Å²) in [7, 11) is 1.71. The van der Waals surface area contributed by atoms with E-state index in [0.717, 1.165) is 25.1 Å². The number of methoxy groups -OCH3 is 1. The fourth-order valence-corrected chi connectivity index (χ4v) is 1.47. The Morgan fingerprint density at radius 2 is 2.15 bits per heavy atom. The summed E-state index contributed by atoms with van der Waals surface area (Å²) in [6, 6.07) is 6.12. The molecule has 2 nitrogen and oxygen atoms in total. The van der Waals surface area contributed by atoms with Crippen molar-refractivity contribution in [2.45, 2.75) is 19.8 Å². The Bertz CT molecular complexity index is 271. The van der Waals surface area contributed by atoms with Crippen molar-refractivity contribution in [3.05, 3.63) is 29.3 Å². The molecule has 0 spiro atoms. The zero-order chi connectivity index (χ0) is 9.68. The number of hydrogen-bond acceptors (Lipinski definition) is 2. The van der Waals surface area contributed by atoms with Gasteiger partial charge in [0.05, 0.1) is 7.11 Å². The van der Waals surface area contributed by atoms with Crippen molar-refractivity contribution in [3.8, 4) is 5.75 Å². The van der Waals surface area contributed by atoms with Gasteiger partial charge in [-0.2, -0.15) is 0 Å². The number of hydrogen-bond donors (Lipinski definition) is 1. The summed E-state index contributed by atoms with van der Waals surface area (Å²) in [6.45, 7) is 2.84. The van der Waals surface area contributed by atoms with Gasteiger partial charge in [0, 0.05) is 0 Å². The van der Waals surface area contributed by atoms with Crippen LogP contribution in [0.15, 0.2) is 18.2 Å². The van der Waals surface area contributed by atoms with Gasteiger partial charge >= 0.3 is 0 Å². The Kier molecular flexibility index (Phi) is 3.77. The van der Waals surface area contributed by atoms with Gasteiger partial charge in [-0.15, -0.1) is 0 Å². The molecule has 0 fully saturated rings. The summed E-state index contributed by atoms with van der Waals surface area (Å²) < 4.78 is 5.28. The second-order valence-corrected chi connectivity index (χ2v) is 3.15. The Balaban J connectivity index is 2.87. The van der Waals surface area contributed by atoms with E-state index in [2.05, 4.69) is 13.0 Å². The number of ether oxygens (including phenoxy) is 1. The first-order valence-corrected chi connectivity index (χ1v) is 4.62. The highest BCUT2D eigenvalue weighted by molar-refractivity contribution is 5.39. The molecule has 0 aliphatic heterocycles. The predicted octanol–water partition coefficient (Wildman–Crippen LogP) is 1.89. The van der Waals surface area contributed by atoms with Crippen LogP contribution in [0, 0.1) is 6.92 Å². The van der Waals surface area contributed by atoms with Crippen LogP contribution < -0.4 is 10.5 Å². The van der Waals surface area contributed by atoms with Gasteiger partial charge in [0.25, 0.3) is 0 Å². The number of nitrogens with two attached hydrogens (primary N) is 1. The van der Waals surface area contributed by atoms with Crippen molar-refractivity contribution in [3.63, 3.8) is 0 Å². The van der Waals surface area contributed by atoms with Gasteiger partial charge in [0.2, 0.25) is 0 Å². The molecule has 0 saturated carbocycles. The molecule has 0 bridgehead atoms. The van der Waals surface area contributed by atoms with E-state index in [9.17, 15) is 0 Å². The van der Waals surface area contributed by atoms with E-state index in [-0.39, 0.29) is 0 Å². The van der Waals surface area contributed by atoms with Crippen molar-refractivity contribution in [1.82, 2.24) is 0 Å². The smallest absolute Gasteiger partial charge is 0.122 e. The largest absolute Gasteiger partial charge is 0.496 e. The fraction of sp³-hybridized carbons (Fsp3) is 0.455. The third-order valence-corrected chi connectivity index (χ3v) is 2.22. The van der Waals surface area contributed by atoms with Crippen LogP contribution in [-0.2, 0) is 6.42 Å². The standard InChI is InChI=1S/C11H17NO/c1-9-5-3-7-11(13-2)10(9)6-4-8-12/h3,5,7H,4,6,8,12H2,1-2H3. The molecule has 13 heavy (non-hydrogen) atoms. The van der Waals surface area contributed by atoms with Gasteiger partial charge in [0.15, 0.2) is 0 Å². The number of aryl methyl sites for hydroxylation is 1. The van der Waals surface area contributed by atoms with Crippen molar-refractivity contribution in [1.29, 1.82) is 0 Å². The minimum absolute atomic E-state index is 0.734. The third kappa shape index (κ3) is 2.46. The molecular formula is C11H17NO. The lowest BCUT2D eigenvalue weighted by Gasteiger charge is -2.10. The van der Waals surface area contributed by atoms with E-state index in [4.69, 9.17) is 10.5 Å². The second-order valence-electron chi connectivity index (χ2n) is 3.15. The van der Waals surface area contributed by atoms with Crippen LogP contribution in [0.5, 0.6) is 5.75 Å². The summed E-state index contributed by atoms with van der Waals surface area (Å²) >= 11 is 0. The highest BCUT2D eigenvalue weighted by Gasteiger charge is 2.04. The third-order valence-electron chi connectivity index (χ3n) is 2.22. The predicted molar refractivity (Wildman–Crippen MR) is 55.1 cm³/mol. The van der Waals surface area contributed by atoms with Crippen LogP contribution in [0.25, 0.3) is 0 Å². The minimum atomic E-state index is 0.734. The molecule has 0 unspecified atom stereocenters. The molecular weight excluding hydrogens is 162 g/mol. The maximum atomic E-state index is 5.48. The second kappa shape index (κ2) is 4.87. The topological polar surface area (TPSA) is 35.2 Å². The maximum absolute atomic E-state index is 5.48. The molecule has 0 aliphatic carbocycles. The van der Waals surface area contributed by atoms with Crippen molar-refractivity contribution in [2.75, 3.05) is 13.7 Å². The van der Waals surface area contributed by atoms with Crippen LogP contribution in [0.3, 0.4) is 0 Å². The van der Waals surface area contributed by atoms with Crippen molar-refractivity contribution in [2.24, 2.45) is 5.73 Å². The number of benzene rings is 1. The van der Waals surface area contributed by atoms with Gasteiger partial charge in [-0.3, -0.25) is 0 Å². The lowest BCUT2D eigenvalue weighted by molar-refractivity contribution is 0.408. The normalized spacial score (nSPS) is 10.1. The average molecular weight is 179 g/mol. The molecule has 0 aliphatic rings. The maximum Gasteiger partial charge on any atom is 0.122 e. The summed E-state index contributed by atoms with van der Waals surface area (Å²) in [5.74, 6) is 0.980. The average Bonchev–Trinajstić information content (AvgIpc) is 2.15. The minimum Gasteiger partial charge on any atom is -0.496 e. The zero-order valence-corrected chi connectivity index (χ0v) is 8.34. The van der Waals surface area contributed by atoms with E-state index >= 15 is 0 Å². The molecule has 2 heteroatoms. The lowest BCUT2D eigenvalue weighted by Crippen LogP contribution is -2.02. The monoisotopic (exact) mass is 179 g/mol. The SMILES string of the molecule is COc1cccc(C)c1CCCN. The quantitative estimate of drug-likeness (QED) is 0.766. The zero-order valence-electron chi connectivity index (χ0n) is 8.34. The first-order valence-electron chi connectivity index (χ1n) is 4.62. The molecule has 0 radical (unpaired) electrons. The Morgan fingerprint density at radius 3 is 2.77 bits per heavy atom. The Hall–Kier alpha value is -1.02. The molecule has 0 atom stereocenters. The first kappa shape index (κ1) is 10.1. The van der Waals surface area contributed by atoms with Gasteiger partial charge < -0.3 is 10.5 Å². The van der Waals surface area contributed by atoms with Crippen LogP contribution >= 0.6 is 0 Å². The molecule has 72 valence electrons. The van der Waals surface area contributed by atoms with Crippen LogP contribution in [0.1, 0.15) is 17.5 Å². The molecule has 0 saturated heterocycles. The molecule has 0 aromatic heterocycles. The van der Waals surface area contributed by atoms with Crippen LogP contribution in [0.2, 0.25) is 0 Å². The van der Waals surface area contributed by atoms with Gasteiger partial charge in [0.1, 0.15) is 5.75 Å². The van der Waals surface area contributed by atoms with E-state index in [1.54, 1.807) is 7.11 Å². The van der Waals surface area contributed by atoms with Gasteiger partial charge in [-0.05, 0) is 43.5 Å². The highest BCUT2D eigenvalue weighted by Crippen LogP contribution is 2.22. The molecule has 1 rings (SSSR count). The molecule has 2 N–H and O–H groups in total. The molecule has 0 amide bonds. The van der Waals surface area contributed by atoms with Crippen LogP contribution in [0.4, 0.5) is 0 Å². The fourth-order valence-electron chi connectivity index (χ4n) is 1.47. The van der Waals surface area contributed by atoms with Crippen LogP contribution in [-0.4, -0.2) is 13.7 Å². The molecule has 1 aromatic rings. The lowest BCUT2D eigenvalue weighted by atomic mass is 10.0. The van der Waals surface area contributed by atoms with E-state index in [1.807, 2.05) is 12.1 Å². The highest BCUT2D eigenvalue weighted by atomic mass is 16.5.